The molecule has 1 aliphatic heterocycles. The lowest BCUT2D eigenvalue weighted by atomic mass is 10.1. The van der Waals surface area contributed by atoms with Gasteiger partial charge in [0.15, 0.2) is 0 Å². The number of hydrogen-bond acceptors (Lipinski definition) is 4. The topological polar surface area (TPSA) is 63.7 Å². The second-order valence-corrected chi connectivity index (χ2v) is 4.46. The first-order valence-electron chi connectivity index (χ1n) is 6.36. The SMILES string of the molecule is CCCCOC(=O)CN1C(=O)C(=O)c2ccc(F)cc21. The number of Topliss-reactive ketones (excluding diaryl/α,β-unsaturated/α-hetero) is 1. The number of rotatable bonds is 5. The van der Waals surface area contributed by atoms with Gasteiger partial charge < -0.3 is 4.74 Å². The van der Waals surface area contributed by atoms with E-state index < -0.39 is 23.5 Å². The fraction of sp³-hybridized carbons (Fsp3) is 0.357. The third-order valence-corrected chi connectivity index (χ3v) is 2.98. The number of ketones is 1. The number of carbonyl (C=O) groups excluding carboxylic acids is 3. The minimum absolute atomic E-state index is 0.109. The molecule has 106 valence electrons. The number of esters is 1. The van der Waals surface area contributed by atoms with E-state index in [2.05, 4.69) is 0 Å². The average Bonchev–Trinajstić information content (AvgIpc) is 2.64. The predicted octanol–water partition coefficient (Wildman–Crippen LogP) is 1.70. The highest BCUT2D eigenvalue weighted by Crippen LogP contribution is 2.29. The van der Waals surface area contributed by atoms with Gasteiger partial charge in [-0.3, -0.25) is 19.3 Å². The second kappa shape index (κ2) is 5.81. The molecule has 6 heteroatoms. The number of hydrogen-bond donors (Lipinski definition) is 0. The van der Waals surface area contributed by atoms with Crippen LogP contribution in [-0.4, -0.2) is 30.8 Å². The molecule has 1 amide bonds. The van der Waals surface area contributed by atoms with Crippen LogP contribution in [0, 0.1) is 5.82 Å². The molecule has 0 unspecified atom stereocenters. The van der Waals surface area contributed by atoms with Crippen LogP contribution in [0.3, 0.4) is 0 Å². The number of unbranched alkanes of at least 4 members (excludes halogenated alkanes) is 1. The molecule has 2 rings (SSSR count). The van der Waals surface area contributed by atoms with E-state index in [1.54, 1.807) is 0 Å². The van der Waals surface area contributed by atoms with Gasteiger partial charge >= 0.3 is 5.97 Å². The molecule has 1 heterocycles. The molecule has 1 aromatic rings. The zero-order valence-electron chi connectivity index (χ0n) is 11.0. The van der Waals surface area contributed by atoms with Gasteiger partial charge in [0.2, 0.25) is 0 Å². The molecule has 0 atom stereocenters. The first kappa shape index (κ1) is 14.2. The molecule has 1 aromatic carbocycles. The van der Waals surface area contributed by atoms with Crippen molar-refractivity contribution < 1.29 is 23.5 Å². The monoisotopic (exact) mass is 279 g/mol. The maximum absolute atomic E-state index is 13.2. The Balaban J connectivity index is 2.13. The normalized spacial score (nSPS) is 13.6. The summed E-state index contributed by atoms with van der Waals surface area (Å²) in [6.45, 7) is 1.83. The van der Waals surface area contributed by atoms with E-state index in [0.29, 0.717) is 0 Å². The lowest BCUT2D eigenvalue weighted by Gasteiger charge is -2.15. The first-order chi connectivity index (χ1) is 9.54. The summed E-state index contributed by atoms with van der Waals surface area (Å²) in [6, 6.07) is 3.41. The third-order valence-electron chi connectivity index (χ3n) is 2.98. The minimum atomic E-state index is -0.835. The van der Waals surface area contributed by atoms with E-state index in [9.17, 15) is 18.8 Å². The molecule has 0 spiro atoms. The van der Waals surface area contributed by atoms with Crippen LogP contribution in [0.4, 0.5) is 10.1 Å². The quantitative estimate of drug-likeness (QED) is 0.467. The molecule has 20 heavy (non-hydrogen) atoms. The molecular formula is C14H14FNO4. The van der Waals surface area contributed by atoms with Crippen molar-refractivity contribution in [3.8, 4) is 0 Å². The fourth-order valence-corrected chi connectivity index (χ4v) is 1.93. The number of amides is 1. The first-order valence-corrected chi connectivity index (χ1v) is 6.36. The summed E-state index contributed by atoms with van der Waals surface area (Å²) in [5.74, 6) is -2.76. The summed E-state index contributed by atoms with van der Waals surface area (Å²) in [5.41, 5.74) is 0.227. The van der Waals surface area contributed by atoms with Gasteiger partial charge in [0.05, 0.1) is 17.9 Å². The summed E-state index contributed by atoms with van der Waals surface area (Å²) < 4.78 is 18.1. The summed E-state index contributed by atoms with van der Waals surface area (Å²) in [5, 5.41) is 0. The molecular weight excluding hydrogens is 265 g/mol. The van der Waals surface area contributed by atoms with Crippen molar-refractivity contribution >= 4 is 23.3 Å². The number of anilines is 1. The maximum Gasteiger partial charge on any atom is 0.326 e. The molecule has 0 saturated heterocycles. The van der Waals surface area contributed by atoms with Crippen LogP contribution in [0.15, 0.2) is 18.2 Å². The number of nitrogens with zero attached hydrogens (tertiary/aromatic N) is 1. The number of ether oxygens (including phenoxy) is 1. The Morgan fingerprint density at radius 2 is 2.10 bits per heavy atom. The van der Waals surface area contributed by atoms with Gasteiger partial charge in [-0.2, -0.15) is 0 Å². The molecule has 0 aromatic heterocycles. The molecule has 0 aliphatic carbocycles. The maximum atomic E-state index is 13.2. The zero-order valence-corrected chi connectivity index (χ0v) is 11.0. The van der Waals surface area contributed by atoms with Gasteiger partial charge in [0, 0.05) is 0 Å². The van der Waals surface area contributed by atoms with Gasteiger partial charge in [0.25, 0.3) is 11.7 Å². The highest BCUT2D eigenvalue weighted by atomic mass is 19.1. The predicted molar refractivity (Wildman–Crippen MR) is 69.0 cm³/mol. The average molecular weight is 279 g/mol. The van der Waals surface area contributed by atoms with Crippen LogP contribution in [0.5, 0.6) is 0 Å². The fourth-order valence-electron chi connectivity index (χ4n) is 1.93. The highest BCUT2D eigenvalue weighted by molar-refractivity contribution is 6.52. The van der Waals surface area contributed by atoms with Crippen LogP contribution >= 0.6 is 0 Å². The van der Waals surface area contributed by atoms with Gasteiger partial charge in [-0.15, -0.1) is 0 Å². The Morgan fingerprint density at radius 1 is 1.35 bits per heavy atom. The standard InChI is InChI=1S/C14H14FNO4/c1-2-3-6-20-12(17)8-16-11-7-9(15)4-5-10(11)13(18)14(16)19/h4-5,7H,2-3,6,8H2,1H3. The Labute approximate surface area is 115 Å². The van der Waals surface area contributed by atoms with Crippen molar-refractivity contribution in [2.75, 3.05) is 18.1 Å². The zero-order chi connectivity index (χ0) is 14.7. The number of fused-ring (bicyclic) bond motifs is 1. The smallest absolute Gasteiger partial charge is 0.326 e. The molecule has 0 fully saturated rings. The van der Waals surface area contributed by atoms with Crippen LogP contribution in [0.1, 0.15) is 30.1 Å². The van der Waals surface area contributed by atoms with Crippen molar-refractivity contribution in [1.29, 1.82) is 0 Å². The Morgan fingerprint density at radius 3 is 2.80 bits per heavy atom. The van der Waals surface area contributed by atoms with Gasteiger partial charge in [-0.1, -0.05) is 13.3 Å². The van der Waals surface area contributed by atoms with E-state index >= 15 is 0 Å². The lowest BCUT2D eigenvalue weighted by Crippen LogP contribution is -2.35. The number of benzene rings is 1. The Kier molecular flexibility index (Phi) is 4.12. The number of carbonyl (C=O) groups is 3. The van der Waals surface area contributed by atoms with Crippen molar-refractivity contribution in [2.45, 2.75) is 19.8 Å². The van der Waals surface area contributed by atoms with Gasteiger partial charge in [-0.05, 0) is 24.6 Å². The highest BCUT2D eigenvalue weighted by Gasteiger charge is 2.37. The van der Waals surface area contributed by atoms with E-state index in [-0.39, 0.29) is 24.4 Å². The Hall–Kier alpha value is -2.24. The van der Waals surface area contributed by atoms with Crippen molar-refractivity contribution in [3.05, 3.63) is 29.6 Å². The van der Waals surface area contributed by atoms with Crippen molar-refractivity contribution in [2.24, 2.45) is 0 Å². The molecule has 0 radical (unpaired) electrons. The van der Waals surface area contributed by atoms with E-state index in [4.69, 9.17) is 4.74 Å². The van der Waals surface area contributed by atoms with Crippen LogP contribution in [0.25, 0.3) is 0 Å². The van der Waals surface area contributed by atoms with Crippen molar-refractivity contribution in [1.82, 2.24) is 0 Å². The molecule has 0 saturated carbocycles. The van der Waals surface area contributed by atoms with Gasteiger partial charge in [-0.25, -0.2) is 4.39 Å². The molecule has 5 nitrogen and oxygen atoms in total. The van der Waals surface area contributed by atoms with E-state index in [1.807, 2.05) is 6.92 Å². The van der Waals surface area contributed by atoms with Gasteiger partial charge in [0.1, 0.15) is 12.4 Å². The summed E-state index contributed by atoms with van der Waals surface area (Å²) in [7, 11) is 0. The minimum Gasteiger partial charge on any atom is -0.464 e. The third kappa shape index (κ3) is 2.68. The van der Waals surface area contributed by atoms with Crippen LogP contribution in [-0.2, 0) is 14.3 Å². The van der Waals surface area contributed by atoms with Crippen molar-refractivity contribution in [3.63, 3.8) is 0 Å². The second-order valence-electron chi connectivity index (χ2n) is 4.46. The van der Waals surface area contributed by atoms with Crippen LogP contribution < -0.4 is 4.90 Å². The number of halogens is 1. The van der Waals surface area contributed by atoms with Crippen LogP contribution in [0.2, 0.25) is 0 Å². The van der Waals surface area contributed by atoms with E-state index in [0.717, 1.165) is 29.9 Å². The summed E-state index contributed by atoms with van der Waals surface area (Å²) >= 11 is 0. The summed E-state index contributed by atoms with van der Waals surface area (Å²) in [4.78, 5) is 36.0. The Bertz CT molecular complexity index is 570. The lowest BCUT2D eigenvalue weighted by molar-refractivity contribution is -0.142. The largest absolute Gasteiger partial charge is 0.464 e. The van der Waals surface area contributed by atoms with E-state index in [1.165, 1.54) is 6.07 Å². The summed E-state index contributed by atoms with van der Waals surface area (Å²) in [6.07, 6.45) is 1.60. The molecule has 0 bridgehead atoms. The molecule has 1 aliphatic rings. The molecule has 0 N–H and O–H groups in total.